The number of benzene rings is 3. The van der Waals surface area contributed by atoms with Crippen molar-refractivity contribution in [3.63, 3.8) is 0 Å². The first-order chi connectivity index (χ1) is 22.5. The second-order valence-electron chi connectivity index (χ2n) is 11.8. The van der Waals surface area contributed by atoms with Gasteiger partial charge in [-0.15, -0.1) is 0 Å². The summed E-state index contributed by atoms with van der Waals surface area (Å²) in [5.41, 5.74) is 3.02. The quantitative estimate of drug-likeness (QED) is 0.115. The summed E-state index contributed by atoms with van der Waals surface area (Å²) in [5, 5.41) is 10.1. The van der Waals surface area contributed by atoms with E-state index in [-0.39, 0.29) is 18.3 Å². The fourth-order valence-electron chi connectivity index (χ4n) is 5.20. The molecule has 3 aromatic rings. The van der Waals surface area contributed by atoms with Crippen molar-refractivity contribution in [3.05, 3.63) is 108 Å². The first-order valence-electron chi connectivity index (χ1n) is 15.6. The van der Waals surface area contributed by atoms with E-state index in [9.17, 15) is 14.7 Å². The van der Waals surface area contributed by atoms with E-state index in [1.807, 2.05) is 67.6 Å². The molecule has 1 heterocycles. The van der Waals surface area contributed by atoms with Crippen LogP contribution in [0.3, 0.4) is 0 Å². The third-order valence-corrected chi connectivity index (χ3v) is 7.79. The minimum Gasteiger partial charge on any atom is -0.467 e. The van der Waals surface area contributed by atoms with Crippen molar-refractivity contribution in [1.29, 1.82) is 0 Å². The minimum absolute atomic E-state index is 0.0559. The van der Waals surface area contributed by atoms with Gasteiger partial charge < -0.3 is 33.5 Å². The van der Waals surface area contributed by atoms with Crippen molar-refractivity contribution < 1.29 is 43.1 Å². The summed E-state index contributed by atoms with van der Waals surface area (Å²) in [6.07, 6.45) is 5.03. The fourth-order valence-corrected chi connectivity index (χ4v) is 5.20. The molecule has 1 unspecified atom stereocenters. The molecule has 0 saturated carbocycles. The highest BCUT2D eigenvalue weighted by atomic mass is 16.8. The number of aliphatic hydroxyl groups is 1. The molecule has 0 aliphatic carbocycles. The summed E-state index contributed by atoms with van der Waals surface area (Å²) in [6.45, 7) is 7.13. The van der Waals surface area contributed by atoms with Gasteiger partial charge in [-0.2, -0.15) is 0 Å². The molecular formula is C38H44O9. The molecule has 0 radical (unpaired) electrons. The van der Waals surface area contributed by atoms with Crippen LogP contribution in [-0.4, -0.2) is 68.3 Å². The Bertz CT molecular complexity index is 1530. The predicted octanol–water partition coefficient (Wildman–Crippen LogP) is 6.85. The van der Waals surface area contributed by atoms with Crippen LogP contribution in [0, 0.1) is 5.92 Å². The van der Waals surface area contributed by atoms with Gasteiger partial charge in [-0.1, -0.05) is 73.7 Å². The Morgan fingerprint density at radius 2 is 1.60 bits per heavy atom. The molecular weight excluding hydrogens is 600 g/mol. The van der Waals surface area contributed by atoms with E-state index in [1.54, 1.807) is 57.2 Å². The van der Waals surface area contributed by atoms with E-state index in [1.165, 1.54) is 14.2 Å². The zero-order chi connectivity index (χ0) is 34.0. The maximum Gasteiger partial charge on any atom is 0.342 e. The Balaban J connectivity index is 1.68. The van der Waals surface area contributed by atoms with Gasteiger partial charge in [0.05, 0.1) is 24.9 Å². The largest absolute Gasteiger partial charge is 0.467 e. The molecule has 0 bridgehead atoms. The summed E-state index contributed by atoms with van der Waals surface area (Å²) >= 11 is 0. The number of methoxy groups -OCH3 is 2. The van der Waals surface area contributed by atoms with Gasteiger partial charge in [0.15, 0.2) is 12.6 Å². The van der Waals surface area contributed by atoms with E-state index in [0.717, 1.165) is 11.1 Å². The highest BCUT2D eigenvalue weighted by Crippen LogP contribution is 2.36. The molecule has 0 amide bonds. The number of hydrogen-bond donors (Lipinski definition) is 1. The lowest BCUT2D eigenvalue weighted by atomic mass is 9.96. The molecule has 3 aromatic carbocycles. The fraction of sp³-hybridized carbons (Fsp3) is 0.368. The van der Waals surface area contributed by atoms with Gasteiger partial charge in [0.25, 0.3) is 0 Å². The second-order valence-corrected chi connectivity index (χ2v) is 11.8. The molecule has 250 valence electrons. The van der Waals surface area contributed by atoms with Crippen LogP contribution in [-0.2, 0) is 23.7 Å². The van der Waals surface area contributed by atoms with E-state index in [0.29, 0.717) is 23.3 Å². The average molecular weight is 645 g/mol. The molecule has 1 aliphatic heterocycles. The lowest BCUT2D eigenvalue weighted by molar-refractivity contribution is -0.152. The van der Waals surface area contributed by atoms with Crippen molar-refractivity contribution in [2.45, 2.75) is 64.3 Å². The third-order valence-electron chi connectivity index (χ3n) is 7.79. The van der Waals surface area contributed by atoms with Crippen molar-refractivity contribution in [2.24, 2.45) is 5.92 Å². The Kier molecular flexibility index (Phi) is 12.5. The monoisotopic (exact) mass is 644 g/mol. The smallest absolute Gasteiger partial charge is 0.342 e. The lowest BCUT2D eigenvalue weighted by Gasteiger charge is -2.25. The maximum absolute atomic E-state index is 13.2. The van der Waals surface area contributed by atoms with Gasteiger partial charge in [0.2, 0.25) is 0 Å². The summed E-state index contributed by atoms with van der Waals surface area (Å²) in [4.78, 5) is 26.2. The minimum atomic E-state index is -0.962. The van der Waals surface area contributed by atoms with Gasteiger partial charge in [0, 0.05) is 7.11 Å². The molecule has 0 spiro atoms. The molecule has 1 aliphatic rings. The Hall–Kier alpha value is -4.28. The van der Waals surface area contributed by atoms with Gasteiger partial charge in [0.1, 0.15) is 23.5 Å². The number of rotatable bonds is 14. The van der Waals surface area contributed by atoms with Crippen LogP contribution in [0.25, 0.3) is 17.2 Å². The second kappa shape index (κ2) is 16.5. The summed E-state index contributed by atoms with van der Waals surface area (Å²) in [6, 6.07) is 22.2. The van der Waals surface area contributed by atoms with E-state index < -0.39 is 42.1 Å². The summed E-state index contributed by atoms with van der Waals surface area (Å²) < 4.78 is 34.7. The third kappa shape index (κ3) is 9.62. The molecule has 0 aromatic heterocycles. The average Bonchev–Trinajstić information content (AvgIpc) is 3.39. The van der Waals surface area contributed by atoms with E-state index in [4.69, 9.17) is 28.4 Å². The van der Waals surface area contributed by atoms with Crippen molar-refractivity contribution in [3.8, 4) is 16.9 Å². The Morgan fingerprint density at radius 1 is 0.915 bits per heavy atom. The Morgan fingerprint density at radius 3 is 2.23 bits per heavy atom. The van der Waals surface area contributed by atoms with Crippen LogP contribution in [0.1, 0.15) is 60.4 Å². The molecule has 9 heteroatoms. The van der Waals surface area contributed by atoms with Crippen LogP contribution in [0.4, 0.5) is 0 Å². The molecule has 1 saturated heterocycles. The SMILES string of the molecule is COCOc1cc(-c2ccccc2)cc(C=CC[C@@H]2OC(C)(C)O[C@@H]2C(C=C[C@@H](C)[C@H](C)O)OC(=O)c2ccccc2)c1C(=O)OC. The number of carbonyl (C=O) groups excluding carboxylic acids is 2. The number of aliphatic hydroxyl groups excluding tert-OH is 1. The van der Waals surface area contributed by atoms with Crippen molar-refractivity contribution in [1.82, 2.24) is 0 Å². The first-order valence-corrected chi connectivity index (χ1v) is 15.6. The van der Waals surface area contributed by atoms with E-state index >= 15 is 0 Å². The zero-order valence-electron chi connectivity index (χ0n) is 27.8. The standard InChI is InChI=1S/C38H44O9/c1-25(26(2)39)20-21-31(45-36(40)28-16-11-8-12-17-28)35-32(46-38(3,4)47-35)19-13-18-29-22-30(27-14-9-7-10-15-27)23-33(44-24-42-5)34(29)37(41)43-6/h7-18,20-23,25-26,31-32,35,39H,19,24H2,1-6H3/t25-,26+,31?,32+,35-/m1/s1. The van der Waals surface area contributed by atoms with Crippen LogP contribution in [0.5, 0.6) is 5.75 Å². The van der Waals surface area contributed by atoms with Crippen molar-refractivity contribution >= 4 is 18.0 Å². The molecule has 1 N–H and O–H groups in total. The van der Waals surface area contributed by atoms with Crippen molar-refractivity contribution in [2.75, 3.05) is 21.0 Å². The van der Waals surface area contributed by atoms with Gasteiger partial charge in [-0.3, -0.25) is 0 Å². The zero-order valence-corrected chi connectivity index (χ0v) is 27.8. The maximum atomic E-state index is 13.2. The topological polar surface area (TPSA) is 110 Å². The molecule has 1 fully saturated rings. The molecule has 4 rings (SSSR count). The number of ether oxygens (including phenoxy) is 6. The molecule has 9 nitrogen and oxygen atoms in total. The van der Waals surface area contributed by atoms with Gasteiger partial charge in [-0.25, -0.2) is 9.59 Å². The molecule has 47 heavy (non-hydrogen) atoms. The number of carbonyl (C=O) groups is 2. The van der Waals surface area contributed by atoms with Crippen LogP contribution < -0.4 is 4.74 Å². The van der Waals surface area contributed by atoms with Crippen LogP contribution in [0.15, 0.2) is 91.0 Å². The highest BCUT2D eigenvalue weighted by molar-refractivity contribution is 5.98. The molecule has 5 atom stereocenters. The highest BCUT2D eigenvalue weighted by Gasteiger charge is 2.45. The Labute approximate surface area is 276 Å². The predicted molar refractivity (Wildman–Crippen MR) is 179 cm³/mol. The normalized spacial score (nSPS) is 19.4. The first kappa shape index (κ1) is 35.6. The van der Waals surface area contributed by atoms with Crippen LogP contribution >= 0.6 is 0 Å². The van der Waals surface area contributed by atoms with E-state index in [2.05, 4.69) is 0 Å². The summed E-state index contributed by atoms with van der Waals surface area (Å²) in [5.74, 6) is -1.89. The van der Waals surface area contributed by atoms with Gasteiger partial charge in [-0.05, 0) is 80.1 Å². The lowest BCUT2D eigenvalue weighted by Crippen LogP contribution is -2.37. The van der Waals surface area contributed by atoms with Crippen LogP contribution in [0.2, 0.25) is 0 Å². The summed E-state index contributed by atoms with van der Waals surface area (Å²) in [7, 11) is 2.83. The number of hydrogen-bond acceptors (Lipinski definition) is 9. The number of esters is 2. The van der Waals surface area contributed by atoms with Gasteiger partial charge >= 0.3 is 11.9 Å².